The van der Waals surface area contributed by atoms with Gasteiger partial charge in [0.1, 0.15) is 13.2 Å². The molecular weight excluding hydrogens is 683 g/mol. The minimum Gasteiger partial charge on any atom is -0.387 e. The number of aliphatic hydroxyl groups excluding tert-OH is 1. The molecule has 8 nitrogen and oxygen atoms in total. The van der Waals surface area contributed by atoms with Crippen LogP contribution in [0.25, 0.3) is 0 Å². The molecule has 0 aliphatic heterocycles. The highest BCUT2D eigenvalue weighted by atomic mass is 31.2. The first-order chi connectivity index (χ1) is 25.5. The lowest BCUT2D eigenvalue weighted by molar-refractivity contribution is -0.870. The average Bonchev–Trinajstić information content (AvgIpc) is 3.10. The molecule has 53 heavy (non-hydrogen) atoms. The smallest absolute Gasteiger partial charge is 0.387 e. The maximum atomic E-state index is 12.8. The molecule has 0 bridgehead atoms. The van der Waals surface area contributed by atoms with Gasteiger partial charge in [0.2, 0.25) is 5.91 Å². The van der Waals surface area contributed by atoms with Crippen molar-refractivity contribution in [1.29, 1.82) is 0 Å². The summed E-state index contributed by atoms with van der Waals surface area (Å²) in [5.74, 6) is -0.186. The van der Waals surface area contributed by atoms with Gasteiger partial charge in [0.15, 0.2) is 0 Å². The minimum atomic E-state index is -4.34. The van der Waals surface area contributed by atoms with Crippen molar-refractivity contribution in [2.45, 2.75) is 212 Å². The Hall–Kier alpha value is -1.02. The third-order valence-corrected chi connectivity index (χ3v) is 10.9. The quantitative estimate of drug-likeness (QED) is 0.0248. The topological polar surface area (TPSA) is 105 Å². The molecule has 314 valence electrons. The molecule has 0 aliphatic rings. The monoisotopic (exact) mass is 772 g/mol. The van der Waals surface area contributed by atoms with Crippen molar-refractivity contribution in [2.75, 3.05) is 40.9 Å². The van der Waals surface area contributed by atoms with Crippen LogP contribution in [0.15, 0.2) is 24.3 Å². The SMILES string of the molecule is CCCCCCC/C=C\CC/C=C/[C@@H](O)[C@H](COP(=O)(O)OCC[N+](C)(C)C)NC(=O)CCCCCCCCCCCCCCCCCCCCCC. The summed E-state index contributed by atoms with van der Waals surface area (Å²) in [6.45, 7) is 4.77. The highest BCUT2D eigenvalue weighted by molar-refractivity contribution is 7.47. The molecule has 0 spiro atoms. The van der Waals surface area contributed by atoms with Crippen molar-refractivity contribution >= 4 is 13.7 Å². The number of amides is 1. The summed E-state index contributed by atoms with van der Waals surface area (Å²) in [5.41, 5.74) is 0. The standard InChI is InChI=1S/C44H87N2O6P/c1-6-8-10-12-14-16-18-19-20-21-22-23-24-25-26-28-30-32-34-36-38-44(48)45-42(41-52-53(49,50)51-40-39-46(3,4)5)43(47)37-35-33-31-29-27-17-15-13-11-9-7-2/h27,29,35,37,42-43,47H,6-26,28,30-34,36,38-41H2,1-5H3,(H-,45,48,49,50)/p+1/b29-27-,37-35+/t42-,43+/m0/s1. The molecule has 3 N–H and O–H groups in total. The number of hydrogen-bond acceptors (Lipinski definition) is 5. The Morgan fingerprint density at radius 2 is 1.04 bits per heavy atom. The lowest BCUT2D eigenvalue weighted by Gasteiger charge is -2.25. The second-order valence-corrected chi connectivity index (χ2v) is 17.9. The summed E-state index contributed by atoms with van der Waals surface area (Å²) >= 11 is 0. The third-order valence-electron chi connectivity index (χ3n) is 9.92. The summed E-state index contributed by atoms with van der Waals surface area (Å²) in [4.78, 5) is 23.1. The van der Waals surface area contributed by atoms with Gasteiger partial charge in [0.05, 0.1) is 39.9 Å². The van der Waals surface area contributed by atoms with Gasteiger partial charge in [-0.2, -0.15) is 0 Å². The van der Waals surface area contributed by atoms with Crippen LogP contribution in [0.2, 0.25) is 0 Å². The number of phosphoric ester groups is 1. The summed E-state index contributed by atoms with van der Waals surface area (Å²) in [5, 5.41) is 13.8. The van der Waals surface area contributed by atoms with E-state index in [1.54, 1.807) is 6.08 Å². The van der Waals surface area contributed by atoms with Crippen molar-refractivity contribution in [3.63, 3.8) is 0 Å². The van der Waals surface area contributed by atoms with Gasteiger partial charge in [0, 0.05) is 6.42 Å². The highest BCUT2D eigenvalue weighted by Gasteiger charge is 2.27. The number of quaternary nitrogens is 1. The first kappa shape index (κ1) is 52.0. The number of nitrogens with one attached hydrogen (secondary N) is 1. The van der Waals surface area contributed by atoms with E-state index in [-0.39, 0.29) is 19.1 Å². The first-order valence-corrected chi connectivity index (χ1v) is 23.7. The van der Waals surface area contributed by atoms with Gasteiger partial charge in [-0.05, 0) is 32.1 Å². The van der Waals surface area contributed by atoms with Crippen molar-refractivity contribution < 1.29 is 32.9 Å². The van der Waals surface area contributed by atoms with Crippen LogP contribution in [0.1, 0.15) is 200 Å². The van der Waals surface area contributed by atoms with Gasteiger partial charge in [-0.15, -0.1) is 0 Å². The Balaban J connectivity index is 4.32. The number of likely N-dealkylation sites (N-methyl/N-ethyl adjacent to an activating group) is 1. The van der Waals surface area contributed by atoms with Gasteiger partial charge < -0.3 is 19.8 Å². The zero-order valence-corrected chi connectivity index (χ0v) is 36.4. The van der Waals surface area contributed by atoms with Crippen LogP contribution in [0.3, 0.4) is 0 Å². The Kier molecular flexibility index (Phi) is 35.9. The second kappa shape index (κ2) is 36.6. The molecule has 0 aromatic carbocycles. The fourth-order valence-corrected chi connectivity index (χ4v) is 7.09. The molecular formula is C44H88N2O6P+. The number of allylic oxidation sites excluding steroid dienone is 3. The molecule has 9 heteroatoms. The molecule has 1 amide bonds. The third kappa shape index (κ3) is 39.0. The van der Waals surface area contributed by atoms with E-state index in [0.717, 1.165) is 38.5 Å². The molecule has 1 unspecified atom stereocenters. The first-order valence-electron chi connectivity index (χ1n) is 22.2. The fourth-order valence-electron chi connectivity index (χ4n) is 6.35. The number of carbonyl (C=O) groups is 1. The molecule has 0 aromatic heterocycles. The maximum absolute atomic E-state index is 12.8. The van der Waals surface area contributed by atoms with Crippen LogP contribution < -0.4 is 5.32 Å². The Labute approximate surface area is 328 Å². The number of unbranched alkanes of at least 4 members (excludes halogenated alkanes) is 25. The summed E-state index contributed by atoms with van der Waals surface area (Å²) in [6.07, 6.45) is 42.5. The van der Waals surface area contributed by atoms with E-state index in [9.17, 15) is 19.4 Å². The lowest BCUT2D eigenvalue weighted by Crippen LogP contribution is -2.45. The van der Waals surface area contributed by atoms with E-state index in [0.29, 0.717) is 17.4 Å². The molecule has 3 atom stereocenters. The Morgan fingerprint density at radius 1 is 0.623 bits per heavy atom. The van der Waals surface area contributed by atoms with Gasteiger partial charge >= 0.3 is 7.82 Å². The average molecular weight is 772 g/mol. The molecule has 0 saturated carbocycles. The van der Waals surface area contributed by atoms with E-state index in [2.05, 4.69) is 31.3 Å². The van der Waals surface area contributed by atoms with Crippen molar-refractivity contribution in [3.05, 3.63) is 24.3 Å². The van der Waals surface area contributed by atoms with Crippen molar-refractivity contribution in [1.82, 2.24) is 5.32 Å². The van der Waals surface area contributed by atoms with Crippen LogP contribution in [0.5, 0.6) is 0 Å². The van der Waals surface area contributed by atoms with E-state index < -0.39 is 20.0 Å². The minimum absolute atomic E-state index is 0.0580. The van der Waals surface area contributed by atoms with E-state index in [1.807, 2.05) is 27.2 Å². The molecule has 0 heterocycles. The highest BCUT2D eigenvalue weighted by Crippen LogP contribution is 2.43. The number of rotatable bonds is 40. The van der Waals surface area contributed by atoms with Crippen LogP contribution in [-0.4, -0.2) is 73.4 Å². The Bertz CT molecular complexity index is 922. The van der Waals surface area contributed by atoms with E-state index in [4.69, 9.17) is 9.05 Å². The lowest BCUT2D eigenvalue weighted by atomic mass is 10.0. The number of carbonyl (C=O) groups excluding carboxylic acids is 1. The van der Waals surface area contributed by atoms with Gasteiger partial charge in [-0.25, -0.2) is 4.57 Å². The van der Waals surface area contributed by atoms with E-state index >= 15 is 0 Å². The number of hydrogen-bond donors (Lipinski definition) is 3. The molecule has 0 saturated heterocycles. The number of aliphatic hydroxyl groups is 1. The van der Waals surface area contributed by atoms with Gasteiger partial charge in [-0.1, -0.05) is 186 Å². The van der Waals surface area contributed by atoms with Crippen molar-refractivity contribution in [2.24, 2.45) is 0 Å². The van der Waals surface area contributed by atoms with E-state index in [1.165, 1.54) is 141 Å². The normalized spacial score (nSPS) is 14.6. The van der Waals surface area contributed by atoms with Gasteiger partial charge in [0.25, 0.3) is 0 Å². The number of nitrogens with zero attached hydrogens (tertiary/aromatic N) is 1. The zero-order chi connectivity index (χ0) is 39.3. The van der Waals surface area contributed by atoms with Crippen LogP contribution in [-0.2, 0) is 18.4 Å². The van der Waals surface area contributed by atoms with Crippen LogP contribution >= 0.6 is 7.82 Å². The summed E-state index contributed by atoms with van der Waals surface area (Å²) < 4.78 is 23.5. The maximum Gasteiger partial charge on any atom is 0.472 e. The van der Waals surface area contributed by atoms with Crippen LogP contribution in [0, 0.1) is 0 Å². The molecule has 0 rings (SSSR count). The van der Waals surface area contributed by atoms with Gasteiger partial charge in [-0.3, -0.25) is 13.8 Å². The predicted molar refractivity (Wildman–Crippen MR) is 226 cm³/mol. The Morgan fingerprint density at radius 3 is 1.51 bits per heavy atom. The largest absolute Gasteiger partial charge is 0.472 e. The zero-order valence-electron chi connectivity index (χ0n) is 35.5. The molecule has 0 fully saturated rings. The molecule has 0 radical (unpaired) electrons. The summed E-state index contributed by atoms with van der Waals surface area (Å²) in [7, 11) is 1.56. The van der Waals surface area contributed by atoms with Crippen molar-refractivity contribution in [3.8, 4) is 0 Å². The molecule has 0 aliphatic carbocycles. The molecule has 0 aromatic rings. The van der Waals surface area contributed by atoms with Crippen LogP contribution in [0.4, 0.5) is 0 Å². The second-order valence-electron chi connectivity index (χ2n) is 16.4. The predicted octanol–water partition coefficient (Wildman–Crippen LogP) is 12.1. The number of phosphoric acid groups is 1. The summed E-state index contributed by atoms with van der Waals surface area (Å²) in [6, 6.07) is -0.856. The fraction of sp³-hybridized carbons (Fsp3) is 0.886.